The fourth-order valence-corrected chi connectivity index (χ4v) is 1.57. The quantitative estimate of drug-likeness (QED) is 0.696. The highest BCUT2D eigenvalue weighted by Gasteiger charge is 2.07. The van der Waals surface area contributed by atoms with Crippen molar-refractivity contribution < 1.29 is 19.4 Å². The van der Waals surface area contributed by atoms with Crippen LogP contribution in [0.5, 0.6) is 0 Å². The Morgan fingerprint density at radius 2 is 2.00 bits per heavy atom. The number of amides is 2. The lowest BCUT2D eigenvalue weighted by molar-refractivity contribution is -0.142. The summed E-state index contributed by atoms with van der Waals surface area (Å²) in [6.45, 7) is 0.748. The zero-order chi connectivity index (χ0) is 14.8. The summed E-state index contributed by atoms with van der Waals surface area (Å²) in [5.74, 6) is -1.02. The Kier molecular flexibility index (Phi) is 7.13. The number of aliphatic carboxylic acids is 1. The molecule has 2 N–H and O–H groups in total. The molecule has 110 valence electrons. The topological polar surface area (TPSA) is 78.9 Å². The van der Waals surface area contributed by atoms with E-state index in [0.717, 1.165) is 6.42 Å². The van der Waals surface area contributed by atoms with Gasteiger partial charge >= 0.3 is 12.0 Å². The molecular formula is C14H20N2O4. The van der Waals surface area contributed by atoms with Crippen molar-refractivity contribution in [3.63, 3.8) is 0 Å². The van der Waals surface area contributed by atoms with Gasteiger partial charge in [0, 0.05) is 20.1 Å². The highest BCUT2D eigenvalue weighted by Crippen LogP contribution is 2.00. The van der Waals surface area contributed by atoms with Crippen LogP contribution >= 0.6 is 0 Å². The lowest BCUT2D eigenvalue weighted by Crippen LogP contribution is -2.39. The van der Waals surface area contributed by atoms with Gasteiger partial charge in [-0.3, -0.25) is 0 Å². The van der Waals surface area contributed by atoms with Crippen molar-refractivity contribution in [1.29, 1.82) is 0 Å². The molecular weight excluding hydrogens is 260 g/mol. The molecule has 2 amide bonds. The normalized spacial score (nSPS) is 10.1. The van der Waals surface area contributed by atoms with Gasteiger partial charge in [0.05, 0.1) is 6.61 Å². The van der Waals surface area contributed by atoms with Crippen molar-refractivity contribution in [2.24, 2.45) is 0 Å². The zero-order valence-electron chi connectivity index (χ0n) is 11.5. The first-order chi connectivity index (χ1) is 9.59. The highest BCUT2D eigenvalue weighted by atomic mass is 16.5. The molecule has 0 aliphatic heterocycles. The fraction of sp³-hybridized carbons (Fsp3) is 0.429. The SMILES string of the molecule is CN(CCc1ccccc1)C(=O)NCCOCC(=O)O. The Hall–Kier alpha value is -2.08. The predicted octanol–water partition coefficient (Wildman–Crippen LogP) is 0.972. The number of rotatable bonds is 8. The predicted molar refractivity (Wildman–Crippen MR) is 74.6 cm³/mol. The second kappa shape index (κ2) is 8.92. The van der Waals surface area contributed by atoms with Crippen molar-refractivity contribution in [2.75, 3.05) is 33.4 Å². The van der Waals surface area contributed by atoms with Crippen molar-refractivity contribution in [2.45, 2.75) is 6.42 Å². The van der Waals surface area contributed by atoms with Crippen LogP contribution < -0.4 is 5.32 Å². The van der Waals surface area contributed by atoms with Crippen LogP contribution in [-0.4, -0.2) is 55.4 Å². The first-order valence-electron chi connectivity index (χ1n) is 6.42. The van der Waals surface area contributed by atoms with E-state index < -0.39 is 5.97 Å². The molecule has 0 radical (unpaired) electrons. The van der Waals surface area contributed by atoms with Gasteiger partial charge < -0.3 is 20.1 Å². The minimum atomic E-state index is -1.02. The first-order valence-corrected chi connectivity index (χ1v) is 6.42. The van der Waals surface area contributed by atoms with Crippen molar-refractivity contribution in [3.8, 4) is 0 Å². The maximum atomic E-state index is 11.7. The van der Waals surface area contributed by atoms with Crippen LogP contribution in [0, 0.1) is 0 Å². The zero-order valence-corrected chi connectivity index (χ0v) is 11.5. The maximum absolute atomic E-state index is 11.7. The molecule has 0 heterocycles. The molecule has 1 aromatic rings. The van der Waals surface area contributed by atoms with Gasteiger partial charge in [-0.05, 0) is 12.0 Å². The standard InChI is InChI=1S/C14H20N2O4/c1-16(9-7-12-5-3-2-4-6-12)14(19)15-8-10-20-11-13(17)18/h2-6H,7-11H2,1H3,(H,15,19)(H,17,18). The van der Waals surface area contributed by atoms with Gasteiger partial charge in [-0.15, -0.1) is 0 Å². The van der Waals surface area contributed by atoms with Gasteiger partial charge in [0.2, 0.25) is 0 Å². The molecule has 0 spiro atoms. The van der Waals surface area contributed by atoms with Gasteiger partial charge in [0.25, 0.3) is 0 Å². The number of nitrogens with one attached hydrogen (secondary N) is 1. The average Bonchev–Trinajstić information content (AvgIpc) is 2.45. The van der Waals surface area contributed by atoms with Gasteiger partial charge in [0.15, 0.2) is 0 Å². The number of carbonyl (C=O) groups excluding carboxylic acids is 1. The van der Waals surface area contributed by atoms with E-state index in [9.17, 15) is 9.59 Å². The van der Waals surface area contributed by atoms with E-state index in [2.05, 4.69) is 5.32 Å². The molecule has 6 heteroatoms. The molecule has 0 aliphatic rings. The maximum Gasteiger partial charge on any atom is 0.329 e. The molecule has 6 nitrogen and oxygen atoms in total. The van der Waals surface area contributed by atoms with Crippen LogP contribution in [0.15, 0.2) is 30.3 Å². The molecule has 0 aromatic heterocycles. The summed E-state index contributed by atoms with van der Waals surface area (Å²) in [4.78, 5) is 23.5. The molecule has 20 heavy (non-hydrogen) atoms. The molecule has 0 unspecified atom stereocenters. The molecule has 0 saturated heterocycles. The molecule has 0 atom stereocenters. The molecule has 1 aromatic carbocycles. The third kappa shape index (κ3) is 6.75. The summed E-state index contributed by atoms with van der Waals surface area (Å²) >= 11 is 0. The Balaban J connectivity index is 2.14. The van der Waals surface area contributed by atoms with E-state index in [1.54, 1.807) is 11.9 Å². The summed E-state index contributed by atoms with van der Waals surface area (Å²) < 4.78 is 4.82. The minimum Gasteiger partial charge on any atom is -0.480 e. The molecule has 0 saturated carbocycles. The number of hydrogen-bond donors (Lipinski definition) is 2. The molecule has 1 rings (SSSR count). The third-order valence-electron chi connectivity index (χ3n) is 2.67. The second-order valence-electron chi connectivity index (χ2n) is 4.34. The van der Waals surface area contributed by atoms with Gasteiger partial charge in [-0.2, -0.15) is 0 Å². The Morgan fingerprint density at radius 1 is 1.30 bits per heavy atom. The van der Waals surface area contributed by atoms with Crippen molar-refractivity contribution in [3.05, 3.63) is 35.9 Å². The van der Waals surface area contributed by atoms with E-state index in [0.29, 0.717) is 13.1 Å². The van der Waals surface area contributed by atoms with Crippen molar-refractivity contribution >= 4 is 12.0 Å². The van der Waals surface area contributed by atoms with E-state index >= 15 is 0 Å². The van der Waals surface area contributed by atoms with Crippen LogP contribution in [0.4, 0.5) is 4.79 Å². The van der Waals surface area contributed by atoms with Gasteiger partial charge in [-0.1, -0.05) is 30.3 Å². The van der Waals surface area contributed by atoms with Crippen LogP contribution in [0.2, 0.25) is 0 Å². The monoisotopic (exact) mass is 280 g/mol. The van der Waals surface area contributed by atoms with Gasteiger partial charge in [0.1, 0.15) is 6.61 Å². The molecule has 0 bridgehead atoms. The fourth-order valence-electron chi connectivity index (χ4n) is 1.57. The summed E-state index contributed by atoms with van der Waals surface area (Å²) in [6.07, 6.45) is 0.792. The number of likely N-dealkylation sites (N-methyl/N-ethyl adjacent to an activating group) is 1. The Morgan fingerprint density at radius 3 is 2.65 bits per heavy atom. The largest absolute Gasteiger partial charge is 0.480 e. The number of hydrogen-bond acceptors (Lipinski definition) is 3. The number of carboxylic acids is 1. The third-order valence-corrected chi connectivity index (χ3v) is 2.67. The van der Waals surface area contributed by atoms with E-state index in [1.165, 1.54) is 5.56 Å². The summed E-state index contributed by atoms with van der Waals surface area (Å²) in [5.41, 5.74) is 1.18. The number of urea groups is 1. The number of ether oxygens (including phenoxy) is 1. The lowest BCUT2D eigenvalue weighted by atomic mass is 10.1. The van der Waals surface area contributed by atoms with E-state index in [4.69, 9.17) is 9.84 Å². The minimum absolute atomic E-state index is 0.185. The second-order valence-corrected chi connectivity index (χ2v) is 4.34. The average molecular weight is 280 g/mol. The van der Waals surface area contributed by atoms with E-state index in [-0.39, 0.29) is 19.2 Å². The van der Waals surface area contributed by atoms with Crippen LogP contribution in [0.1, 0.15) is 5.56 Å². The van der Waals surface area contributed by atoms with Crippen molar-refractivity contribution in [1.82, 2.24) is 10.2 Å². The smallest absolute Gasteiger partial charge is 0.329 e. The summed E-state index contributed by atoms with van der Waals surface area (Å²) in [6, 6.07) is 9.73. The summed E-state index contributed by atoms with van der Waals surface area (Å²) in [5, 5.41) is 11.0. The van der Waals surface area contributed by atoms with Crippen LogP contribution in [0.3, 0.4) is 0 Å². The van der Waals surface area contributed by atoms with E-state index in [1.807, 2.05) is 30.3 Å². The number of carbonyl (C=O) groups is 2. The summed E-state index contributed by atoms with van der Waals surface area (Å²) in [7, 11) is 1.72. The van der Waals surface area contributed by atoms with Crippen LogP contribution in [-0.2, 0) is 16.0 Å². The Bertz CT molecular complexity index is 422. The van der Waals surface area contributed by atoms with Crippen LogP contribution in [0.25, 0.3) is 0 Å². The van der Waals surface area contributed by atoms with Gasteiger partial charge in [-0.25, -0.2) is 9.59 Å². The number of benzene rings is 1. The first kappa shape index (κ1) is 16.0. The number of nitrogens with zero attached hydrogens (tertiary/aromatic N) is 1. The molecule has 0 aliphatic carbocycles. The number of carboxylic acid groups (broad SMARTS) is 1. The molecule has 0 fully saturated rings. The highest BCUT2D eigenvalue weighted by molar-refractivity contribution is 5.73. The lowest BCUT2D eigenvalue weighted by Gasteiger charge is -2.17. The Labute approximate surface area is 118 Å².